The van der Waals surface area contributed by atoms with Gasteiger partial charge in [0.1, 0.15) is 58.7 Å². The lowest BCUT2D eigenvalue weighted by atomic mass is 9.83. The molecular weight excluding hydrogens is 1260 g/mol. The third kappa shape index (κ3) is 19.5. The minimum absolute atomic E-state index is 0.0231. The quantitative estimate of drug-likeness (QED) is 0.0100. The number of anilines is 2. The van der Waals surface area contributed by atoms with Crippen molar-refractivity contribution < 1.29 is 76.7 Å². The lowest BCUT2D eigenvalue weighted by Gasteiger charge is -2.42. The maximum absolute atomic E-state index is 14.5. The van der Waals surface area contributed by atoms with E-state index < -0.39 is 126 Å². The summed E-state index contributed by atoms with van der Waals surface area (Å²) in [6, 6.07) is 2.49. The highest BCUT2D eigenvalue weighted by atomic mass is 79.9. The first-order chi connectivity index (χ1) is 41.7. The molecule has 89 heavy (non-hydrogen) atoms. The molecule has 3 heterocycles. The first-order valence-electron chi connectivity index (χ1n) is 29.2. The Labute approximate surface area is 538 Å². The van der Waals surface area contributed by atoms with E-state index in [2.05, 4.69) is 49.1 Å². The number of esters is 2. The Morgan fingerprint density at radius 2 is 1.76 bits per heavy atom. The number of aliphatic hydroxyl groups is 1. The number of halogens is 3. The molecule has 7 amide bonds. The number of hydrogen-bond donors (Lipinski definition) is 7. The Morgan fingerprint density at radius 3 is 2.38 bits per heavy atom. The third-order valence-corrected chi connectivity index (χ3v) is 17.5. The monoisotopic (exact) mass is 1350 g/mol. The number of likely N-dealkylation sites (N-methyl/N-ethyl adjacent to an activating group) is 1. The summed E-state index contributed by atoms with van der Waals surface area (Å²) in [7, 11) is 5.71. The molecule has 2 saturated heterocycles. The number of benzene rings is 2. The second kappa shape index (κ2) is 31.9. The third-order valence-electron chi connectivity index (χ3n) is 16.1. The van der Waals surface area contributed by atoms with Crippen LogP contribution >= 0.6 is 39.1 Å². The first kappa shape index (κ1) is 73.1. The van der Waals surface area contributed by atoms with E-state index in [1.807, 2.05) is 13.0 Å². The molecule has 2 fully saturated rings. The molecule has 3 aliphatic heterocycles. The van der Waals surface area contributed by atoms with Gasteiger partial charge in [0, 0.05) is 56.7 Å². The number of fused-ring (bicyclic) bond motifs is 5. The summed E-state index contributed by atoms with van der Waals surface area (Å²) in [6.07, 6.45) is 1.95. The molecule has 11 atom stereocenters. The molecule has 27 heteroatoms. The van der Waals surface area contributed by atoms with Crippen molar-refractivity contribution in [2.75, 3.05) is 50.4 Å². The number of methoxy groups -OCH3 is 2. The largest absolute Gasteiger partial charge is 0.495 e. The van der Waals surface area contributed by atoms with E-state index in [-0.39, 0.29) is 63.9 Å². The number of urea groups is 1. The van der Waals surface area contributed by atoms with E-state index >= 15 is 0 Å². The average Bonchev–Trinajstić information content (AvgIpc) is 1.64. The zero-order chi connectivity index (χ0) is 66.5. The number of amides is 7. The Kier molecular flexibility index (Phi) is 26.2. The summed E-state index contributed by atoms with van der Waals surface area (Å²) < 4.78 is 35.2. The van der Waals surface area contributed by atoms with Crippen molar-refractivity contribution in [3.05, 3.63) is 87.5 Å². The van der Waals surface area contributed by atoms with Gasteiger partial charge in [-0.3, -0.25) is 29.8 Å². The Hall–Kier alpha value is -6.61. The number of carbonyl (C=O) groups is 9. The van der Waals surface area contributed by atoms with Crippen LogP contribution in [0.3, 0.4) is 0 Å². The van der Waals surface area contributed by atoms with Crippen molar-refractivity contribution in [1.82, 2.24) is 26.2 Å². The smallest absolute Gasteiger partial charge is 0.409 e. The number of nitrogens with one attached hydrogen (secondary N) is 5. The van der Waals surface area contributed by atoms with Crippen molar-refractivity contribution >= 4 is 104 Å². The summed E-state index contributed by atoms with van der Waals surface area (Å²) >= 11 is 16.8. The first-order valence-corrected chi connectivity index (χ1v) is 31.1. The Bertz CT molecular complexity index is 3040. The molecule has 5 rings (SSSR count). The van der Waals surface area contributed by atoms with Crippen molar-refractivity contribution in [2.45, 2.75) is 172 Å². The van der Waals surface area contributed by atoms with Gasteiger partial charge >= 0.3 is 24.1 Å². The van der Waals surface area contributed by atoms with Crippen LogP contribution in [-0.2, 0) is 58.9 Å². The number of primary amides is 1. The zero-order valence-corrected chi connectivity index (χ0v) is 55.5. The standard InChI is InChI=1S/C62H85BrCl2N8O16/c1-33(2)51(68-40(32-74)18-15-23-60(7,8)89-56(79)35(4)31-63)54(77)70-43(19-16-24-67-58(66)81)53(76)69-39-21-22-41(42(64)28-39)55(78)72(10)37(6)57(80)87-48-29-49(75)73(11)44-26-38(27-45(84-12)50(44)65)25-34(3)17-14-20-47(85-13)62(83)30-46(86-59(82)71-62)36(5)52-61(48,9)88-52/h14,17,20-22,26-28,32-33,36-37,40,43,46-48,51-52,68,83H,4,15-16,18-19,23-25,29-31H2,1-3,5-13H3,(H,69,76)(H,70,77)(H,71,82)(H3,66,67,81)/b20-14+,34-17+/t36-,37+,40?,43+,46+,47-,48+,51+,52+,61+,62+/m1/s1. The van der Waals surface area contributed by atoms with Gasteiger partial charge in [-0.15, -0.1) is 0 Å². The molecule has 0 aliphatic carbocycles. The summed E-state index contributed by atoms with van der Waals surface area (Å²) in [5.41, 5.74) is 3.30. The zero-order valence-electron chi connectivity index (χ0n) is 52.4. The van der Waals surface area contributed by atoms with E-state index in [9.17, 15) is 48.3 Å². The number of allylic oxidation sites excluding steroid dienone is 3. The van der Waals surface area contributed by atoms with Crippen LogP contribution in [0, 0.1) is 11.8 Å². The van der Waals surface area contributed by atoms with E-state index in [1.54, 1.807) is 65.8 Å². The van der Waals surface area contributed by atoms with Crippen LogP contribution in [-0.4, -0.2) is 170 Å². The van der Waals surface area contributed by atoms with Gasteiger partial charge in [-0.2, -0.15) is 0 Å². The number of epoxide rings is 1. The highest BCUT2D eigenvalue weighted by Crippen LogP contribution is 2.49. The maximum Gasteiger partial charge on any atom is 0.409 e. The molecule has 0 spiro atoms. The number of nitrogens with two attached hydrogens (primary N) is 1. The van der Waals surface area contributed by atoms with Crippen molar-refractivity contribution in [3.63, 3.8) is 0 Å². The lowest BCUT2D eigenvalue weighted by molar-refractivity contribution is -0.158. The molecule has 8 N–H and O–H groups in total. The van der Waals surface area contributed by atoms with Crippen molar-refractivity contribution in [1.29, 1.82) is 0 Å². The van der Waals surface area contributed by atoms with Gasteiger partial charge < -0.3 is 69.8 Å². The van der Waals surface area contributed by atoms with Crippen LogP contribution in [0.25, 0.3) is 0 Å². The Morgan fingerprint density at radius 1 is 1.07 bits per heavy atom. The molecular formula is C62H85BrCl2N8O16. The highest BCUT2D eigenvalue weighted by Gasteiger charge is 2.64. The fraction of sp³-hybridized carbons (Fsp3) is 0.565. The molecule has 4 bridgehead atoms. The van der Waals surface area contributed by atoms with E-state index in [4.69, 9.17) is 57.4 Å². The van der Waals surface area contributed by atoms with Crippen LogP contribution in [0.2, 0.25) is 10.0 Å². The van der Waals surface area contributed by atoms with Gasteiger partial charge in [-0.1, -0.05) is 90.3 Å². The average molecular weight is 1350 g/mol. The van der Waals surface area contributed by atoms with Gasteiger partial charge in [0.25, 0.3) is 5.91 Å². The van der Waals surface area contributed by atoms with Gasteiger partial charge in [0.15, 0.2) is 5.72 Å². The van der Waals surface area contributed by atoms with Crippen molar-refractivity contribution in [2.24, 2.45) is 17.6 Å². The van der Waals surface area contributed by atoms with Crippen molar-refractivity contribution in [3.8, 4) is 5.75 Å². The van der Waals surface area contributed by atoms with E-state index in [0.717, 1.165) is 16.0 Å². The van der Waals surface area contributed by atoms with Crippen LogP contribution < -0.4 is 42.0 Å². The van der Waals surface area contributed by atoms with E-state index in [0.29, 0.717) is 43.4 Å². The molecule has 0 aromatic heterocycles. The van der Waals surface area contributed by atoms with Gasteiger partial charge in [-0.05, 0) is 115 Å². The van der Waals surface area contributed by atoms with E-state index in [1.165, 1.54) is 58.3 Å². The summed E-state index contributed by atoms with van der Waals surface area (Å²) in [4.78, 5) is 123. The topological polar surface area (TPSA) is 325 Å². The van der Waals surface area contributed by atoms with Gasteiger partial charge in [0.05, 0.1) is 48.0 Å². The minimum atomic E-state index is -1.93. The molecule has 3 aliphatic rings. The molecule has 0 radical (unpaired) electrons. The van der Waals surface area contributed by atoms with Crippen LogP contribution in [0.1, 0.15) is 116 Å². The fourth-order valence-corrected chi connectivity index (χ4v) is 11.4. The predicted molar refractivity (Wildman–Crippen MR) is 338 cm³/mol. The molecule has 24 nitrogen and oxygen atoms in total. The normalized spacial score (nSPS) is 24.3. The fourth-order valence-electron chi connectivity index (χ4n) is 10.6. The van der Waals surface area contributed by atoms with Gasteiger partial charge in [0.2, 0.25) is 17.7 Å². The minimum Gasteiger partial charge on any atom is -0.495 e. The lowest BCUT2D eigenvalue weighted by Crippen LogP contribution is -2.63. The van der Waals surface area contributed by atoms with Crippen LogP contribution in [0.15, 0.2) is 66.3 Å². The Balaban J connectivity index is 1.34. The maximum atomic E-state index is 14.5. The summed E-state index contributed by atoms with van der Waals surface area (Å²) in [6.45, 7) is 17.5. The number of nitrogens with zero attached hydrogens (tertiary/aromatic N) is 2. The second-order valence-electron chi connectivity index (χ2n) is 23.9. The number of ether oxygens (including phenoxy) is 6. The summed E-state index contributed by atoms with van der Waals surface area (Å²) in [5, 5.41) is 25.8. The SMILES string of the molecule is C=C(CBr)C(=O)OC(C)(C)CCCC(C=O)N[C@H](C(=O)N[C@@H](CCCNC(N)=O)C(=O)Nc1ccc(C(=O)N(C)[C@@H](C)C(=O)O[C@H]2CC(=O)N(C)c3cc(cc(OC)c3Cl)C/C(C)=C/C=C/[C@@H](OC)[C@@]3(O)C[C@H](OC(=O)N3)[C@@H](C)[C@@H]3O[C@@]23C)c(Cl)c1)C(C)C. The molecule has 2 aromatic rings. The second-order valence-corrected chi connectivity index (χ2v) is 25.2. The molecule has 490 valence electrons. The van der Waals surface area contributed by atoms with Crippen LogP contribution in [0.4, 0.5) is 21.0 Å². The van der Waals surface area contributed by atoms with Crippen LogP contribution in [0.5, 0.6) is 5.75 Å². The number of carbonyl (C=O) groups excluding carboxylic acids is 9. The molecule has 2 aromatic carbocycles. The molecule has 0 saturated carbocycles. The number of rotatable bonds is 25. The molecule has 1 unspecified atom stereocenters. The number of alkyl carbamates (subject to hydrolysis) is 1. The predicted octanol–water partition coefficient (Wildman–Crippen LogP) is 6.98. The van der Waals surface area contributed by atoms with Gasteiger partial charge in [-0.25, -0.2) is 19.2 Å². The number of aldehydes is 1. The summed E-state index contributed by atoms with van der Waals surface area (Å²) in [5.74, 6) is -4.76. The highest BCUT2D eigenvalue weighted by molar-refractivity contribution is 9.09. The number of hydrogen-bond acceptors (Lipinski definition) is 17. The number of alkyl halides is 1.